The van der Waals surface area contributed by atoms with E-state index in [2.05, 4.69) is 79.1 Å². The molecule has 0 saturated carbocycles. The van der Waals surface area contributed by atoms with E-state index >= 15 is 0 Å². The Morgan fingerprint density at radius 2 is 1.32 bits per heavy atom. The highest BCUT2D eigenvalue weighted by Gasteiger charge is 2.16. The fraction of sp³-hybridized carbons (Fsp3) is 0.0556. The van der Waals surface area contributed by atoms with Crippen LogP contribution in [0.25, 0.3) is 61.3 Å². The number of rotatable bonds is 4. The number of para-hydroxylation sites is 2. The minimum atomic E-state index is 0.255. The first-order valence-electron chi connectivity index (χ1n) is 13.4. The molecule has 0 aliphatic carbocycles. The highest BCUT2D eigenvalue weighted by atomic mass is 16.3. The number of pyridine rings is 2. The second-order valence-electron chi connectivity index (χ2n) is 10.2. The zero-order valence-corrected chi connectivity index (χ0v) is 22.3. The molecule has 7 rings (SSSR count). The number of benzene rings is 4. The average Bonchev–Trinajstić information content (AvgIpc) is 3.32. The molecular weight excluding hydrogens is 490 g/mol. The second kappa shape index (κ2) is 9.51. The number of aryl methyl sites for hydroxylation is 2. The first kappa shape index (κ1) is 23.9. The van der Waals surface area contributed by atoms with Gasteiger partial charge in [0.25, 0.3) is 0 Å². The van der Waals surface area contributed by atoms with Crippen molar-refractivity contribution in [1.82, 2.24) is 14.5 Å². The van der Waals surface area contributed by atoms with Crippen LogP contribution in [-0.4, -0.2) is 19.6 Å². The molecule has 0 aliphatic rings. The Kier molecular flexibility index (Phi) is 5.67. The number of phenolic OH excluding ortho intramolecular Hbond substituents is 1. The lowest BCUT2D eigenvalue weighted by atomic mass is 9.90. The number of fused-ring (bicyclic) bond motifs is 3. The molecule has 0 amide bonds. The van der Waals surface area contributed by atoms with Gasteiger partial charge in [-0.3, -0.25) is 4.57 Å². The van der Waals surface area contributed by atoms with Gasteiger partial charge in [0.2, 0.25) is 0 Å². The first-order chi connectivity index (χ1) is 19.6. The van der Waals surface area contributed by atoms with E-state index < -0.39 is 0 Å². The van der Waals surface area contributed by atoms with Crippen molar-refractivity contribution >= 4 is 21.9 Å². The number of nitrogens with zero attached hydrogens (tertiary/aromatic N) is 3. The maximum Gasteiger partial charge on any atom is 0.146 e. The number of phenols is 1. The molecule has 40 heavy (non-hydrogen) atoms. The zero-order valence-electron chi connectivity index (χ0n) is 22.3. The summed E-state index contributed by atoms with van der Waals surface area (Å²) in [6.07, 6.45) is 1.83. The maximum absolute atomic E-state index is 10.7. The Hall–Kier alpha value is -5.22. The lowest BCUT2D eigenvalue weighted by Crippen LogP contribution is -2.00. The SMILES string of the molecule is Cc1cccc(C)c1-c1cc(-c2cccc(-n3c4ccccc4c4cccnc43)n2)cc(-c2ccccc2O)c1. The van der Waals surface area contributed by atoms with E-state index in [9.17, 15) is 5.11 Å². The van der Waals surface area contributed by atoms with Gasteiger partial charge in [0.15, 0.2) is 0 Å². The summed E-state index contributed by atoms with van der Waals surface area (Å²) in [6.45, 7) is 4.28. The summed E-state index contributed by atoms with van der Waals surface area (Å²) in [5, 5.41) is 13.0. The van der Waals surface area contributed by atoms with Gasteiger partial charge in [-0.25, -0.2) is 9.97 Å². The van der Waals surface area contributed by atoms with Gasteiger partial charge in [-0.2, -0.15) is 0 Å². The standard InChI is InChI=1S/C36H27N3O/c1-23-10-7-11-24(2)35(23)27-21-25(28-12-4-6-17-33(28)40)20-26(22-27)31-15-8-18-34(38-31)39-32-16-5-3-13-29(32)30-14-9-19-37-36(30)39/h3-22,40H,1-2H3. The Balaban J connectivity index is 1.47. The normalized spacial score (nSPS) is 11.3. The van der Waals surface area contributed by atoms with Crippen molar-refractivity contribution in [1.29, 1.82) is 0 Å². The minimum absolute atomic E-state index is 0.255. The van der Waals surface area contributed by atoms with Crippen LogP contribution in [0.1, 0.15) is 11.1 Å². The van der Waals surface area contributed by atoms with Crippen molar-refractivity contribution in [2.45, 2.75) is 13.8 Å². The highest BCUT2D eigenvalue weighted by Crippen LogP contribution is 2.38. The van der Waals surface area contributed by atoms with E-state index in [4.69, 9.17) is 9.97 Å². The highest BCUT2D eigenvalue weighted by molar-refractivity contribution is 6.07. The third-order valence-corrected chi connectivity index (χ3v) is 7.61. The van der Waals surface area contributed by atoms with Crippen LogP contribution in [0, 0.1) is 13.8 Å². The van der Waals surface area contributed by atoms with Crippen molar-refractivity contribution in [3.05, 3.63) is 133 Å². The fourth-order valence-electron chi connectivity index (χ4n) is 5.80. The molecule has 0 unspecified atom stereocenters. The molecule has 1 N–H and O–H groups in total. The van der Waals surface area contributed by atoms with Gasteiger partial charge in [0.1, 0.15) is 17.2 Å². The smallest absolute Gasteiger partial charge is 0.146 e. The molecule has 4 aromatic carbocycles. The molecule has 0 spiro atoms. The van der Waals surface area contributed by atoms with Gasteiger partial charge < -0.3 is 5.11 Å². The van der Waals surface area contributed by atoms with Crippen LogP contribution in [0.3, 0.4) is 0 Å². The van der Waals surface area contributed by atoms with Gasteiger partial charge >= 0.3 is 0 Å². The van der Waals surface area contributed by atoms with Crippen LogP contribution in [0.5, 0.6) is 5.75 Å². The first-order valence-corrected chi connectivity index (χ1v) is 13.4. The molecular formula is C36H27N3O. The van der Waals surface area contributed by atoms with Crippen LogP contribution < -0.4 is 0 Å². The zero-order chi connectivity index (χ0) is 27.2. The third-order valence-electron chi connectivity index (χ3n) is 7.61. The van der Waals surface area contributed by atoms with Gasteiger partial charge in [-0.05, 0) is 96.3 Å². The van der Waals surface area contributed by atoms with Crippen LogP contribution in [0.15, 0.2) is 121 Å². The maximum atomic E-state index is 10.7. The molecule has 0 atom stereocenters. The lowest BCUT2D eigenvalue weighted by Gasteiger charge is -2.15. The largest absolute Gasteiger partial charge is 0.507 e. The number of aromatic hydroxyl groups is 1. The van der Waals surface area contributed by atoms with Crippen molar-refractivity contribution in [3.63, 3.8) is 0 Å². The molecule has 0 fully saturated rings. The average molecular weight is 518 g/mol. The van der Waals surface area contributed by atoms with Gasteiger partial charge in [-0.1, -0.05) is 60.7 Å². The molecule has 7 aromatic rings. The Morgan fingerprint density at radius 3 is 2.17 bits per heavy atom. The molecule has 4 nitrogen and oxygen atoms in total. The predicted octanol–water partition coefficient (Wildman–Crippen LogP) is 8.90. The molecule has 0 radical (unpaired) electrons. The monoisotopic (exact) mass is 517 g/mol. The van der Waals surface area contributed by atoms with E-state index in [-0.39, 0.29) is 5.75 Å². The van der Waals surface area contributed by atoms with Crippen molar-refractivity contribution < 1.29 is 5.11 Å². The van der Waals surface area contributed by atoms with E-state index in [1.807, 2.05) is 54.7 Å². The Morgan fingerprint density at radius 1 is 0.625 bits per heavy atom. The number of hydrogen-bond donors (Lipinski definition) is 1. The van der Waals surface area contributed by atoms with E-state index in [1.54, 1.807) is 6.07 Å². The van der Waals surface area contributed by atoms with Crippen LogP contribution in [0.4, 0.5) is 0 Å². The lowest BCUT2D eigenvalue weighted by molar-refractivity contribution is 0.477. The van der Waals surface area contributed by atoms with Gasteiger partial charge in [0.05, 0.1) is 11.2 Å². The molecule has 0 saturated heterocycles. The van der Waals surface area contributed by atoms with E-state index in [0.29, 0.717) is 0 Å². The quantitative estimate of drug-likeness (QED) is 0.254. The van der Waals surface area contributed by atoms with Crippen LogP contribution in [0.2, 0.25) is 0 Å². The molecule has 4 heteroatoms. The molecule has 0 bridgehead atoms. The second-order valence-corrected chi connectivity index (χ2v) is 10.2. The van der Waals surface area contributed by atoms with Crippen molar-refractivity contribution in [2.75, 3.05) is 0 Å². The van der Waals surface area contributed by atoms with Crippen molar-refractivity contribution in [3.8, 4) is 45.1 Å². The van der Waals surface area contributed by atoms with Crippen molar-refractivity contribution in [2.24, 2.45) is 0 Å². The topological polar surface area (TPSA) is 50.9 Å². The summed E-state index contributed by atoms with van der Waals surface area (Å²) in [5.74, 6) is 1.06. The Labute approximate surface area is 232 Å². The van der Waals surface area contributed by atoms with E-state index in [0.717, 1.165) is 55.7 Å². The number of hydrogen-bond acceptors (Lipinski definition) is 3. The summed E-state index contributed by atoms with van der Waals surface area (Å²) in [6, 6.07) is 38.9. The fourth-order valence-corrected chi connectivity index (χ4v) is 5.80. The molecule has 192 valence electrons. The third kappa shape index (κ3) is 3.93. The van der Waals surface area contributed by atoms with E-state index in [1.165, 1.54) is 16.7 Å². The molecule has 3 heterocycles. The summed E-state index contributed by atoms with van der Waals surface area (Å²) >= 11 is 0. The summed E-state index contributed by atoms with van der Waals surface area (Å²) < 4.78 is 2.13. The Bertz CT molecular complexity index is 1980. The summed E-state index contributed by atoms with van der Waals surface area (Å²) in [4.78, 5) is 9.91. The molecule has 3 aromatic heterocycles. The number of aromatic nitrogens is 3. The van der Waals surface area contributed by atoms with Crippen LogP contribution in [-0.2, 0) is 0 Å². The van der Waals surface area contributed by atoms with Crippen LogP contribution >= 0.6 is 0 Å². The predicted molar refractivity (Wildman–Crippen MR) is 164 cm³/mol. The molecule has 0 aliphatic heterocycles. The van der Waals surface area contributed by atoms with Gasteiger partial charge in [-0.15, -0.1) is 0 Å². The summed E-state index contributed by atoms with van der Waals surface area (Å²) in [5.41, 5.74) is 10.2. The van der Waals surface area contributed by atoms with Gasteiger partial charge in [0, 0.05) is 28.1 Å². The minimum Gasteiger partial charge on any atom is -0.507 e. The summed E-state index contributed by atoms with van der Waals surface area (Å²) in [7, 11) is 0.